The van der Waals surface area contributed by atoms with Crippen molar-refractivity contribution in [2.75, 3.05) is 0 Å². The second-order valence-electron chi connectivity index (χ2n) is 4.96. The van der Waals surface area contributed by atoms with E-state index in [1.807, 2.05) is 30.3 Å². The minimum atomic E-state index is -0.326. The minimum absolute atomic E-state index is 0.0269. The van der Waals surface area contributed by atoms with E-state index in [1.165, 1.54) is 11.0 Å². The van der Waals surface area contributed by atoms with Crippen LogP contribution in [0.2, 0.25) is 5.02 Å². The molecule has 2 aromatic rings. The number of halogens is 1. The fourth-order valence-electron chi connectivity index (χ4n) is 2.17. The van der Waals surface area contributed by atoms with Gasteiger partial charge in [0.1, 0.15) is 5.75 Å². The number of hydrogen-bond donors (Lipinski definition) is 1. The summed E-state index contributed by atoms with van der Waals surface area (Å²) in [6.07, 6.45) is 1.60. The second kappa shape index (κ2) is 6.48. The lowest BCUT2D eigenvalue weighted by atomic mass is 10.2. The van der Waals surface area contributed by atoms with Crippen molar-refractivity contribution < 1.29 is 14.7 Å². The summed E-state index contributed by atoms with van der Waals surface area (Å²) in [5.41, 5.74) is 1.54. The first kappa shape index (κ1) is 15.6. The van der Waals surface area contributed by atoms with Gasteiger partial charge in [0, 0.05) is 0 Å². The molecule has 1 fully saturated rings. The van der Waals surface area contributed by atoms with Gasteiger partial charge in [-0.15, -0.1) is 0 Å². The van der Waals surface area contributed by atoms with Gasteiger partial charge in [0.15, 0.2) is 0 Å². The largest absolute Gasteiger partial charge is 0.506 e. The van der Waals surface area contributed by atoms with Crippen LogP contribution in [0, 0.1) is 0 Å². The third kappa shape index (κ3) is 3.41. The van der Waals surface area contributed by atoms with E-state index in [1.54, 1.807) is 18.2 Å². The summed E-state index contributed by atoms with van der Waals surface area (Å²) in [6.45, 7) is 0.249. The first-order valence-electron chi connectivity index (χ1n) is 6.82. The van der Waals surface area contributed by atoms with Gasteiger partial charge >= 0.3 is 0 Å². The predicted octanol–water partition coefficient (Wildman–Crippen LogP) is 4.28. The van der Waals surface area contributed by atoms with Gasteiger partial charge in [-0.25, -0.2) is 0 Å². The molecule has 116 valence electrons. The molecule has 0 saturated carbocycles. The van der Waals surface area contributed by atoms with Crippen LogP contribution in [0.3, 0.4) is 0 Å². The van der Waals surface area contributed by atoms with E-state index in [9.17, 15) is 14.7 Å². The van der Waals surface area contributed by atoms with Gasteiger partial charge in [0.25, 0.3) is 11.1 Å². The number of carbonyl (C=O) groups is 2. The number of thioether (sulfide) groups is 1. The molecule has 1 aliphatic rings. The second-order valence-corrected chi connectivity index (χ2v) is 6.36. The van der Waals surface area contributed by atoms with E-state index in [2.05, 4.69) is 0 Å². The number of rotatable bonds is 3. The van der Waals surface area contributed by atoms with Gasteiger partial charge in [-0.2, -0.15) is 0 Å². The van der Waals surface area contributed by atoms with Crippen molar-refractivity contribution in [3.63, 3.8) is 0 Å². The molecule has 1 aliphatic heterocycles. The van der Waals surface area contributed by atoms with Gasteiger partial charge in [-0.3, -0.25) is 14.5 Å². The first-order valence-corrected chi connectivity index (χ1v) is 8.02. The summed E-state index contributed by atoms with van der Waals surface area (Å²) in [5, 5.41) is 9.32. The Morgan fingerprint density at radius 2 is 1.87 bits per heavy atom. The maximum absolute atomic E-state index is 12.4. The summed E-state index contributed by atoms with van der Waals surface area (Å²) in [4.78, 5) is 26.0. The van der Waals surface area contributed by atoms with Crippen LogP contribution >= 0.6 is 23.4 Å². The van der Waals surface area contributed by atoms with Gasteiger partial charge in [0.05, 0.1) is 16.5 Å². The smallest absolute Gasteiger partial charge is 0.293 e. The van der Waals surface area contributed by atoms with Crippen LogP contribution in [0.1, 0.15) is 11.1 Å². The third-order valence-corrected chi connectivity index (χ3v) is 4.54. The molecule has 23 heavy (non-hydrogen) atoms. The Morgan fingerprint density at radius 3 is 2.57 bits per heavy atom. The number of hydrogen-bond acceptors (Lipinski definition) is 4. The SMILES string of the molecule is O=C1S/C(=C/c2ccc(O)c(Cl)c2)C(=O)N1Cc1ccccc1. The number of phenols is 1. The number of phenolic OH excluding ortho intramolecular Hbond substituents is 1. The molecule has 2 amide bonds. The lowest BCUT2D eigenvalue weighted by Crippen LogP contribution is -2.27. The Hall–Kier alpha value is -2.24. The van der Waals surface area contributed by atoms with Gasteiger partial charge in [0.2, 0.25) is 0 Å². The number of carbonyl (C=O) groups excluding carboxylic acids is 2. The summed E-state index contributed by atoms with van der Waals surface area (Å²) in [5.74, 6) is -0.353. The lowest BCUT2D eigenvalue weighted by molar-refractivity contribution is -0.123. The molecule has 1 N–H and O–H groups in total. The van der Waals surface area contributed by atoms with Crippen LogP contribution in [0.15, 0.2) is 53.4 Å². The van der Waals surface area contributed by atoms with Crippen molar-refractivity contribution in [3.8, 4) is 5.75 Å². The summed E-state index contributed by atoms with van der Waals surface area (Å²) in [6, 6.07) is 14.0. The number of imide groups is 1. The van der Waals surface area contributed by atoms with E-state index in [-0.39, 0.29) is 28.5 Å². The molecule has 0 atom stereocenters. The summed E-state index contributed by atoms with van der Waals surface area (Å²) in [7, 11) is 0. The standard InChI is InChI=1S/C17H12ClNO3S/c18-13-8-12(6-7-14(13)20)9-15-16(21)19(17(22)23-15)10-11-4-2-1-3-5-11/h1-9,20H,10H2/b15-9+. The highest BCUT2D eigenvalue weighted by Gasteiger charge is 2.34. The average Bonchev–Trinajstić information content (AvgIpc) is 2.80. The van der Waals surface area contributed by atoms with Gasteiger partial charge in [-0.1, -0.05) is 48.0 Å². The summed E-state index contributed by atoms with van der Waals surface area (Å²) >= 11 is 6.75. The lowest BCUT2D eigenvalue weighted by Gasteiger charge is -2.12. The van der Waals surface area contributed by atoms with Gasteiger partial charge in [-0.05, 0) is 41.1 Å². The highest BCUT2D eigenvalue weighted by Crippen LogP contribution is 2.34. The quantitative estimate of drug-likeness (QED) is 0.843. The molecule has 1 heterocycles. The van der Waals surface area contributed by atoms with Crippen LogP contribution < -0.4 is 0 Å². The molecule has 3 rings (SSSR count). The molecule has 0 aliphatic carbocycles. The molecular formula is C17H12ClNO3S. The normalized spacial score (nSPS) is 16.4. The Morgan fingerprint density at radius 1 is 1.13 bits per heavy atom. The third-order valence-electron chi connectivity index (χ3n) is 3.33. The van der Waals surface area contributed by atoms with Crippen LogP contribution in [-0.2, 0) is 11.3 Å². The van der Waals surface area contributed by atoms with E-state index in [4.69, 9.17) is 11.6 Å². The predicted molar refractivity (Wildman–Crippen MR) is 91.1 cm³/mol. The van der Waals surface area contributed by atoms with Crippen molar-refractivity contribution in [3.05, 3.63) is 69.6 Å². The molecule has 6 heteroatoms. The van der Waals surface area contributed by atoms with E-state index < -0.39 is 0 Å². The van der Waals surface area contributed by atoms with Crippen LogP contribution in [-0.4, -0.2) is 21.2 Å². The van der Waals surface area contributed by atoms with Gasteiger partial charge < -0.3 is 5.11 Å². The zero-order valence-corrected chi connectivity index (χ0v) is 13.5. The Bertz CT molecular complexity index is 805. The topological polar surface area (TPSA) is 57.6 Å². The van der Waals surface area contributed by atoms with Crippen molar-refractivity contribution in [2.45, 2.75) is 6.54 Å². The van der Waals surface area contributed by atoms with Crippen molar-refractivity contribution in [1.82, 2.24) is 4.90 Å². The number of amides is 2. The highest BCUT2D eigenvalue weighted by atomic mass is 35.5. The number of aromatic hydroxyl groups is 1. The van der Waals surface area contributed by atoms with E-state index in [0.717, 1.165) is 17.3 Å². The molecule has 0 spiro atoms. The minimum Gasteiger partial charge on any atom is -0.506 e. The maximum Gasteiger partial charge on any atom is 0.293 e. The molecule has 2 aromatic carbocycles. The fraction of sp³-hybridized carbons (Fsp3) is 0.0588. The molecule has 0 aromatic heterocycles. The molecule has 0 radical (unpaired) electrons. The Labute approximate surface area is 142 Å². The molecule has 0 bridgehead atoms. The maximum atomic E-state index is 12.4. The number of nitrogens with zero attached hydrogens (tertiary/aromatic N) is 1. The van der Waals surface area contributed by atoms with Crippen LogP contribution in [0.5, 0.6) is 5.75 Å². The van der Waals surface area contributed by atoms with Crippen molar-refractivity contribution >= 4 is 40.6 Å². The van der Waals surface area contributed by atoms with E-state index in [0.29, 0.717) is 10.5 Å². The van der Waals surface area contributed by atoms with Crippen molar-refractivity contribution in [1.29, 1.82) is 0 Å². The molecule has 4 nitrogen and oxygen atoms in total. The fourth-order valence-corrected chi connectivity index (χ4v) is 3.19. The Kier molecular flexibility index (Phi) is 4.41. The molecule has 0 unspecified atom stereocenters. The zero-order valence-electron chi connectivity index (χ0n) is 11.9. The molecule has 1 saturated heterocycles. The first-order chi connectivity index (χ1) is 11.0. The molecular weight excluding hydrogens is 334 g/mol. The highest BCUT2D eigenvalue weighted by molar-refractivity contribution is 8.18. The Balaban J connectivity index is 1.83. The monoisotopic (exact) mass is 345 g/mol. The zero-order chi connectivity index (χ0) is 16.4. The van der Waals surface area contributed by atoms with Crippen LogP contribution in [0.4, 0.5) is 4.79 Å². The number of benzene rings is 2. The summed E-state index contributed by atoms with van der Waals surface area (Å²) < 4.78 is 0. The van der Waals surface area contributed by atoms with E-state index >= 15 is 0 Å². The average molecular weight is 346 g/mol. The van der Waals surface area contributed by atoms with Crippen molar-refractivity contribution in [2.24, 2.45) is 0 Å². The van der Waals surface area contributed by atoms with Crippen LogP contribution in [0.25, 0.3) is 6.08 Å².